The zero-order chi connectivity index (χ0) is 12.0. The summed E-state index contributed by atoms with van der Waals surface area (Å²) in [5.74, 6) is 0.359. The van der Waals surface area contributed by atoms with Crippen molar-refractivity contribution in [1.29, 1.82) is 0 Å². The van der Waals surface area contributed by atoms with Crippen LogP contribution >= 0.6 is 0 Å². The maximum Gasteiger partial charge on any atom is 0.416 e. The zero-order valence-electron chi connectivity index (χ0n) is 9.05. The van der Waals surface area contributed by atoms with Gasteiger partial charge in [0, 0.05) is 11.6 Å². The second-order valence-electron chi connectivity index (χ2n) is 4.55. The van der Waals surface area contributed by atoms with Gasteiger partial charge in [-0.2, -0.15) is 13.2 Å². The van der Waals surface area contributed by atoms with E-state index < -0.39 is 11.7 Å². The van der Waals surface area contributed by atoms with Crippen LogP contribution in [0.4, 0.5) is 13.2 Å². The minimum atomic E-state index is -4.31. The largest absolute Gasteiger partial charge is 0.491 e. The van der Waals surface area contributed by atoms with E-state index in [-0.39, 0.29) is 6.04 Å². The minimum absolute atomic E-state index is 0.0415. The molecule has 0 saturated heterocycles. The highest BCUT2D eigenvalue weighted by Crippen LogP contribution is 2.39. The molecule has 1 fully saturated rings. The van der Waals surface area contributed by atoms with Crippen LogP contribution < -0.4 is 10.1 Å². The van der Waals surface area contributed by atoms with Gasteiger partial charge < -0.3 is 10.1 Å². The van der Waals surface area contributed by atoms with Crippen LogP contribution in [0.15, 0.2) is 18.2 Å². The van der Waals surface area contributed by atoms with Crippen molar-refractivity contribution in [3.8, 4) is 5.75 Å². The van der Waals surface area contributed by atoms with E-state index in [4.69, 9.17) is 4.74 Å². The molecule has 1 heterocycles. The molecule has 0 spiro atoms. The van der Waals surface area contributed by atoms with Gasteiger partial charge in [0.2, 0.25) is 0 Å². The molecule has 5 heteroatoms. The lowest BCUT2D eigenvalue weighted by atomic mass is 10.1. The lowest BCUT2D eigenvalue weighted by Crippen LogP contribution is -2.24. The summed E-state index contributed by atoms with van der Waals surface area (Å²) in [6, 6.07) is 4.28. The third-order valence-electron chi connectivity index (χ3n) is 3.14. The second-order valence-corrected chi connectivity index (χ2v) is 4.55. The third-order valence-corrected chi connectivity index (χ3v) is 3.14. The molecule has 1 aliphatic carbocycles. The molecular formula is C12H12F3NO. The van der Waals surface area contributed by atoms with Crippen LogP contribution in [0.1, 0.15) is 30.0 Å². The molecule has 2 aliphatic rings. The first-order valence-electron chi connectivity index (χ1n) is 5.64. The van der Waals surface area contributed by atoms with E-state index in [9.17, 15) is 13.2 Å². The van der Waals surface area contributed by atoms with Gasteiger partial charge in [-0.1, -0.05) is 6.07 Å². The maximum absolute atomic E-state index is 12.5. The molecule has 0 amide bonds. The number of benzene rings is 1. The molecule has 1 saturated carbocycles. The molecule has 3 rings (SSSR count). The predicted octanol–water partition coefficient (Wildman–Crippen LogP) is 2.89. The number of alkyl halides is 3. The summed E-state index contributed by atoms with van der Waals surface area (Å²) in [5.41, 5.74) is 0.188. The number of rotatable bonds is 2. The quantitative estimate of drug-likeness (QED) is 0.862. The fourth-order valence-electron chi connectivity index (χ4n) is 2.06. The van der Waals surface area contributed by atoms with E-state index in [1.807, 2.05) is 0 Å². The van der Waals surface area contributed by atoms with E-state index in [0.29, 0.717) is 18.4 Å². The Morgan fingerprint density at radius 2 is 2.00 bits per heavy atom. The van der Waals surface area contributed by atoms with E-state index >= 15 is 0 Å². The van der Waals surface area contributed by atoms with Gasteiger partial charge in [-0.3, -0.25) is 0 Å². The Morgan fingerprint density at radius 3 is 2.65 bits per heavy atom. The van der Waals surface area contributed by atoms with E-state index in [0.717, 1.165) is 30.5 Å². The van der Waals surface area contributed by atoms with Crippen molar-refractivity contribution in [3.05, 3.63) is 29.3 Å². The van der Waals surface area contributed by atoms with Crippen molar-refractivity contribution < 1.29 is 17.9 Å². The highest BCUT2D eigenvalue weighted by molar-refractivity contribution is 5.43. The Hall–Kier alpha value is -1.23. The van der Waals surface area contributed by atoms with Crippen LogP contribution in [0.2, 0.25) is 0 Å². The van der Waals surface area contributed by atoms with Crippen molar-refractivity contribution in [2.45, 2.75) is 31.1 Å². The highest BCUT2D eigenvalue weighted by Gasteiger charge is 2.35. The van der Waals surface area contributed by atoms with Gasteiger partial charge in [0.05, 0.1) is 11.6 Å². The normalized spacial score (nSPS) is 23.4. The Balaban J connectivity index is 1.85. The molecule has 1 aromatic rings. The molecule has 92 valence electrons. The minimum Gasteiger partial charge on any atom is -0.491 e. The standard InChI is InChI=1S/C12H12F3NO/c13-12(14,15)7-1-4-9-10(16-8-2-3-8)6-17-11(9)5-7/h1,4-5,8,10,16H,2-3,6H2/t10-/m1/s1. The van der Waals surface area contributed by atoms with Crippen LogP contribution in [0.3, 0.4) is 0 Å². The van der Waals surface area contributed by atoms with E-state index in [2.05, 4.69) is 5.32 Å². The lowest BCUT2D eigenvalue weighted by molar-refractivity contribution is -0.137. The molecule has 0 radical (unpaired) electrons. The Morgan fingerprint density at radius 1 is 1.24 bits per heavy atom. The Bertz CT molecular complexity index is 440. The van der Waals surface area contributed by atoms with Crippen molar-refractivity contribution >= 4 is 0 Å². The van der Waals surface area contributed by atoms with Gasteiger partial charge in [-0.05, 0) is 25.0 Å². The molecule has 1 aromatic carbocycles. The summed E-state index contributed by atoms with van der Waals surface area (Å²) in [5, 5.41) is 3.36. The highest BCUT2D eigenvalue weighted by atomic mass is 19.4. The first-order chi connectivity index (χ1) is 8.04. The fourth-order valence-corrected chi connectivity index (χ4v) is 2.06. The van der Waals surface area contributed by atoms with Crippen LogP contribution in [0, 0.1) is 0 Å². The molecule has 1 atom stereocenters. The van der Waals surface area contributed by atoms with Crippen molar-refractivity contribution in [1.82, 2.24) is 5.32 Å². The Kier molecular flexibility index (Phi) is 2.33. The molecule has 0 unspecified atom stereocenters. The van der Waals surface area contributed by atoms with Crippen LogP contribution in [-0.2, 0) is 6.18 Å². The van der Waals surface area contributed by atoms with Gasteiger partial charge in [0.25, 0.3) is 0 Å². The number of halogens is 3. The summed E-state index contributed by atoms with van der Waals surface area (Å²) >= 11 is 0. The molecule has 1 N–H and O–H groups in total. The Labute approximate surface area is 96.8 Å². The molecule has 0 aromatic heterocycles. The first kappa shape index (κ1) is 10.9. The predicted molar refractivity (Wildman–Crippen MR) is 55.8 cm³/mol. The molecule has 2 nitrogen and oxygen atoms in total. The van der Waals surface area contributed by atoms with Crippen molar-refractivity contribution in [2.24, 2.45) is 0 Å². The summed E-state index contributed by atoms with van der Waals surface area (Å²) < 4.78 is 42.8. The number of ether oxygens (including phenoxy) is 1. The average molecular weight is 243 g/mol. The third kappa shape index (κ3) is 2.11. The SMILES string of the molecule is FC(F)(F)c1ccc2c(c1)OC[C@H]2NC1CC1. The van der Waals surface area contributed by atoms with Gasteiger partial charge in [0.15, 0.2) is 0 Å². The molecular weight excluding hydrogens is 231 g/mol. The summed E-state index contributed by atoms with van der Waals surface area (Å²) in [7, 11) is 0. The smallest absolute Gasteiger partial charge is 0.416 e. The monoisotopic (exact) mass is 243 g/mol. The average Bonchev–Trinajstić information content (AvgIpc) is 2.98. The van der Waals surface area contributed by atoms with Gasteiger partial charge in [-0.15, -0.1) is 0 Å². The van der Waals surface area contributed by atoms with E-state index in [1.54, 1.807) is 0 Å². The number of hydrogen-bond donors (Lipinski definition) is 1. The lowest BCUT2D eigenvalue weighted by Gasteiger charge is -2.11. The maximum atomic E-state index is 12.5. The van der Waals surface area contributed by atoms with Gasteiger partial charge in [-0.25, -0.2) is 0 Å². The van der Waals surface area contributed by atoms with Crippen molar-refractivity contribution in [3.63, 3.8) is 0 Å². The fraction of sp³-hybridized carbons (Fsp3) is 0.500. The number of hydrogen-bond acceptors (Lipinski definition) is 2. The molecule has 1 aliphatic heterocycles. The van der Waals surface area contributed by atoms with E-state index in [1.165, 1.54) is 6.07 Å². The van der Waals surface area contributed by atoms with Gasteiger partial charge in [0.1, 0.15) is 12.4 Å². The van der Waals surface area contributed by atoms with Crippen molar-refractivity contribution in [2.75, 3.05) is 6.61 Å². The van der Waals surface area contributed by atoms with Crippen LogP contribution in [0.5, 0.6) is 5.75 Å². The topological polar surface area (TPSA) is 21.3 Å². The summed E-state index contributed by atoms with van der Waals surface area (Å²) in [4.78, 5) is 0. The van der Waals surface area contributed by atoms with Crippen LogP contribution in [-0.4, -0.2) is 12.6 Å². The number of nitrogens with one attached hydrogen (secondary N) is 1. The van der Waals surface area contributed by atoms with Crippen LogP contribution in [0.25, 0.3) is 0 Å². The summed E-state index contributed by atoms with van der Waals surface area (Å²) in [6.07, 6.45) is -2.01. The second kappa shape index (κ2) is 3.63. The summed E-state index contributed by atoms with van der Waals surface area (Å²) in [6.45, 7) is 0.424. The first-order valence-corrected chi connectivity index (χ1v) is 5.64. The zero-order valence-corrected chi connectivity index (χ0v) is 9.05. The number of fused-ring (bicyclic) bond motifs is 1. The van der Waals surface area contributed by atoms with Gasteiger partial charge >= 0.3 is 6.18 Å². The molecule has 0 bridgehead atoms. The molecule has 17 heavy (non-hydrogen) atoms.